The van der Waals surface area contributed by atoms with E-state index >= 15 is 0 Å². The molecule has 0 fully saturated rings. The summed E-state index contributed by atoms with van der Waals surface area (Å²) in [5, 5.41) is 10.5. The van der Waals surface area contributed by atoms with E-state index in [2.05, 4.69) is 0 Å². The molecule has 0 saturated carbocycles. The van der Waals surface area contributed by atoms with Gasteiger partial charge in [-0.3, -0.25) is 10.1 Å². The van der Waals surface area contributed by atoms with Crippen molar-refractivity contribution in [1.82, 2.24) is 0 Å². The molecule has 1 aromatic carbocycles. The van der Waals surface area contributed by atoms with E-state index in [9.17, 15) is 23.3 Å². The highest BCUT2D eigenvalue weighted by molar-refractivity contribution is 5.58. The third-order valence-corrected chi connectivity index (χ3v) is 1.98. The fraction of sp³-hybridized carbons (Fsp3) is 0.200. The van der Waals surface area contributed by atoms with Crippen LogP contribution < -0.4 is 5.73 Å². The minimum Gasteiger partial charge on any atom is -0.327 e. The van der Waals surface area contributed by atoms with Gasteiger partial charge in [-0.05, 0) is 11.6 Å². The molecule has 0 radical (unpaired) electrons. The molecule has 92 valence electrons. The average molecular weight is 246 g/mol. The number of alkyl halides is 3. The summed E-state index contributed by atoms with van der Waals surface area (Å²) in [7, 11) is 0. The van der Waals surface area contributed by atoms with Gasteiger partial charge in [-0.1, -0.05) is 12.2 Å². The maximum atomic E-state index is 12.6. The molecule has 7 heteroatoms. The second-order valence-corrected chi connectivity index (χ2v) is 3.16. The van der Waals surface area contributed by atoms with Crippen LogP contribution in [0.5, 0.6) is 0 Å². The topological polar surface area (TPSA) is 69.2 Å². The summed E-state index contributed by atoms with van der Waals surface area (Å²) in [5.74, 6) is 0. The van der Waals surface area contributed by atoms with E-state index in [0.29, 0.717) is 6.07 Å². The van der Waals surface area contributed by atoms with E-state index in [1.807, 2.05) is 0 Å². The largest absolute Gasteiger partial charge is 0.416 e. The van der Waals surface area contributed by atoms with Crippen molar-refractivity contribution < 1.29 is 18.1 Å². The standard InChI is InChI=1S/C10H9F3N2O2/c11-10(12,13)9-4-3-8(15(16)17)6-7(9)2-1-5-14/h1-4,6H,5,14H2. The van der Waals surface area contributed by atoms with Gasteiger partial charge in [-0.15, -0.1) is 0 Å². The van der Waals surface area contributed by atoms with Crippen LogP contribution in [0, 0.1) is 10.1 Å². The number of nitro groups is 1. The third kappa shape index (κ3) is 3.28. The minimum absolute atomic E-state index is 0.0555. The van der Waals surface area contributed by atoms with Crippen molar-refractivity contribution in [3.63, 3.8) is 0 Å². The van der Waals surface area contributed by atoms with Crippen LogP contribution in [0.25, 0.3) is 6.08 Å². The fourth-order valence-electron chi connectivity index (χ4n) is 1.25. The van der Waals surface area contributed by atoms with Gasteiger partial charge in [0.2, 0.25) is 0 Å². The first-order valence-corrected chi connectivity index (χ1v) is 4.58. The fourth-order valence-corrected chi connectivity index (χ4v) is 1.25. The SMILES string of the molecule is NCC=Cc1cc([N+](=O)[O-])ccc1C(F)(F)F. The second-order valence-electron chi connectivity index (χ2n) is 3.16. The molecule has 17 heavy (non-hydrogen) atoms. The molecule has 4 nitrogen and oxygen atoms in total. The molecule has 0 aliphatic rings. The van der Waals surface area contributed by atoms with Crippen molar-refractivity contribution in [2.45, 2.75) is 6.18 Å². The number of non-ortho nitro benzene ring substituents is 1. The van der Waals surface area contributed by atoms with Gasteiger partial charge < -0.3 is 5.73 Å². The van der Waals surface area contributed by atoms with Crippen molar-refractivity contribution in [2.75, 3.05) is 6.54 Å². The molecule has 0 spiro atoms. The zero-order valence-electron chi connectivity index (χ0n) is 8.57. The highest BCUT2D eigenvalue weighted by atomic mass is 19.4. The van der Waals surface area contributed by atoms with Gasteiger partial charge in [0.15, 0.2) is 0 Å². The Hall–Kier alpha value is -1.89. The lowest BCUT2D eigenvalue weighted by atomic mass is 10.1. The van der Waals surface area contributed by atoms with Crippen LogP contribution in [-0.4, -0.2) is 11.5 Å². The van der Waals surface area contributed by atoms with Crippen LogP contribution in [0.15, 0.2) is 24.3 Å². The van der Waals surface area contributed by atoms with Crippen LogP contribution in [0.3, 0.4) is 0 Å². The van der Waals surface area contributed by atoms with Crippen LogP contribution in [0.1, 0.15) is 11.1 Å². The van der Waals surface area contributed by atoms with Crippen LogP contribution in [0.4, 0.5) is 18.9 Å². The first-order chi connectivity index (χ1) is 7.86. The molecular weight excluding hydrogens is 237 g/mol. The molecule has 0 unspecified atom stereocenters. The predicted octanol–water partition coefficient (Wildman–Crippen LogP) is 2.59. The molecule has 0 amide bonds. The predicted molar refractivity (Wildman–Crippen MR) is 56.2 cm³/mol. The molecular formula is C10H9F3N2O2. The molecule has 0 saturated heterocycles. The Kier molecular flexibility index (Phi) is 3.84. The van der Waals surface area contributed by atoms with Gasteiger partial charge in [-0.25, -0.2) is 0 Å². The van der Waals surface area contributed by atoms with Gasteiger partial charge in [0.25, 0.3) is 5.69 Å². The van der Waals surface area contributed by atoms with Gasteiger partial charge in [0, 0.05) is 18.7 Å². The number of nitrogens with two attached hydrogens (primary N) is 1. The molecule has 1 aromatic rings. The smallest absolute Gasteiger partial charge is 0.327 e. The van der Waals surface area contributed by atoms with Crippen LogP contribution >= 0.6 is 0 Å². The summed E-state index contributed by atoms with van der Waals surface area (Å²) in [6.45, 7) is 0.0555. The van der Waals surface area contributed by atoms with Gasteiger partial charge >= 0.3 is 6.18 Å². The summed E-state index contributed by atoms with van der Waals surface area (Å²) < 4.78 is 37.7. The zero-order chi connectivity index (χ0) is 13.1. The molecule has 0 aromatic heterocycles. The number of rotatable bonds is 3. The van der Waals surface area contributed by atoms with E-state index < -0.39 is 22.4 Å². The average Bonchev–Trinajstić information content (AvgIpc) is 2.24. The first kappa shape index (κ1) is 13.2. The Labute approximate surface area is 94.7 Å². The lowest BCUT2D eigenvalue weighted by Crippen LogP contribution is -2.08. The highest BCUT2D eigenvalue weighted by Gasteiger charge is 2.33. The Morgan fingerprint density at radius 3 is 2.53 bits per heavy atom. The first-order valence-electron chi connectivity index (χ1n) is 4.58. The lowest BCUT2D eigenvalue weighted by molar-refractivity contribution is -0.384. The zero-order valence-corrected chi connectivity index (χ0v) is 8.57. The van der Waals surface area contributed by atoms with E-state index in [-0.39, 0.29) is 12.1 Å². The Morgan fingerprint density at radius 2 is 2.06 bits per heavy atom. The van der Waals surface area contributed by atoms with Gasteiger partial charge in [-0.2, -0.15) is 13.2 Å². The van der Waals surface area contributed by atoms with E-state index in [1.54, 1.807) is 0 Å². The number of benzene rings is 1. The number of hydrogen-bond donors (Lipinski definition) is 1. The summed E-state index contributed by atoms with van der Waals surface area (Å²) in [4.78, 5) is 9.71. The van der Waals surface area contributed by atoms with Crippen molar-refractivity contribution >= 4 is 11.8 Å². The maximum Gasteiger partial charge on any atom is 0.416 e. The summed E-state index contributed by atoms with van der Waals surface area (Å²) in [6, 6.07) is 2.38. The Balaban J connectivity index is 3.31. The monoisotopic (exact) mass is 246 g/mol. The van der Waals surface area contributed by atoms with Crippen molar-refractivity contribution in [2.24, 2.45) is 5.73 Å². The van der Waals surface area contributed by atoms with E-state index in [1.165, 1.54) is 6.08 Å². The van der Waals surface area contributed by atoms with Gasteiger partial charge in [0.05, 0.1) is 10.5 Å². The minimum atomic E-state index is -4.55. The quantitative estimate of drug-likeness (QED) is 0.658. The normalized spacial score (nSPS) is 12.0. The molecule has 0 heterocycles. The second kappa shape index (κ2) is 4.96. The summed E-state index contributed by atoms with van der Waals surface area (Å²) >= 11 is 0. The molecule has 0 atom stereocenters. The molecule has 1 rings (SSSR count). The Bertz CT molecular complexity index is 455. The van der Waals surface area contributed by atoms with E-state index in [4.69, 9.17) is 5.73 Å². The van der Waals surface area contributed by atoms with E-state index in [0.717, 1.165) is 18.2 Å². The van der Waals surface area contributed by atoms with Crippen LogP contribution in [-0.2, 0) is 6.18 Å². The Morgan fingerprint density at radius 1 is 1.41 bits per heavy atom. The molecule has 2 N–H and O–H groups in total. The molecule has 0 aliphatic heterocycles. The summed E-state index contributed by atoms with van der Waals surface area (Å²) in [6.07, 6.45) is -2.13. The van der Waals surface area contributed by atoms with Crippen molar-refractivity contribution in [3.8, 4) is 0 Å². The van der Waals surface area contributed by atoms with Crippen molar-refractivity contribution in [1.29, 1.82) is 0 Å². The maximum absolute atomic E-state index is 12.6. The number of hydrogen-bond acceptors (Lipinski definition) is 3. The number of nitro benzene ring substituents is 1. The number of halogens is 3. The third-order valence-electron chi connectivity index (χ3n) is 1.98. The lowest BCUT2D eigenvalue weighted by Gasteiger charge is -2.09. The van der Waals surface area contributed by atoms with Crippen LogP contribution in [0.2, 0.25) is 0 Å². The molecule has 0 bridgehead atoms. The number of nitrogens with zero attached hydrogens (tertiary/aromatic N) is 1. The molecule has 0 aliphatic carbocycles. The van der Waals surface area contributed by atoms with Gasteiger partial charge in [0.1, 0.15) is 0 Å². The highest BCUT2D eigenvalue weighted by Crippen LogP contribution is 2.34. The van der Waals surface area contributed by atoms with Crippen molar-refractivity contribution in [3.05, 3.63) is 45.5 Å². The summed E-state index contributed by atoms with van der Waals surface area (Å²) in [5.41, 5.74) is 3.55.